The van der Waals surface area contributed by atoms with Crippen molar-refractivity contribution in [1.29, 1.82) is 0 Å². The van der Waals surface area contributed by atoms with Crippen molar-refractivity contribution in [3.63, 3.8) is 0 Å². The van der Waals surface area contributed by atoms with Crippen molar-refractivity contribution in [3.8, 4) is 23.1 Å². The summed E-state index contributed by atoms with van der Waals surface area (Å²) in [6.07, 6.45) is 2.83. The van der Waals surface area contributed by atoms with E-state index >= 15 is 0 Å². The Balaban J connectivity index is 1.64. The summed E-state index contributed by atoms with van der Waals surface area (Å²) in [5.41, 5.74) is 1.58. The highest BCUT2D eigenvalue weighted by Crippen LogP contribution is 2.36. The summed E-state index contributed by atoms with van der Waals surface area (Å²) in [5, 5.41) is 3.69. The Morgan fingerprint density at radius 2 is 1.66 bits per heavy atom. The van der Waals surface area contributed by atoms with E-state index in [0.29, 0.717) is 45.4 Å². The standard InChI is InChI=1S/C22H18FN3O3/c1-27-19-11-16-18(12-20(19)28-2)25-13-17(23)22(16)26-14-6-8-15(9-7-14)29-21-5-3-4-10-24-21/h3-13H,1-2H3,(H,25,26). The zero-order valence-corrected chi connectivity index (χ0v) is 15.8. The molecule has 0 saturated heterocycles. The fourth-order valence-electron chi connectivity index (χ4n) is 2.90. The number of nitrogens with zero attached hydrogens (tertiary/aromatic N) is 2. The number of fused-ring (bicyclic) bond motifs is 1. The second-order valence-electron chi connectivity index (χ2n) is 6.12. The number of nitrogens with one attached hydrogen (secondary N) is 1. The van der Waals surface area contributed by atoms with Crippen LogP contribution < -0.4 is 19.5 Å². The smallest absolute Gasteiger partial charge is 0.219 e. The quantitative estimate of drug-likeness (QED) is 0.480. The molecule has 2 heterocycles. The normalized spacial score (nSPS) is 10.6. The van der Waals surface area contributed by atoms with Crippen LogP contribution in [0.2, 0.25) is 0 Å². The van der Waals surface area contributed by atoms with E-state index in [1.807, 2.05) is 12.1 Å². The Labute approximate surface area is 166 Å². The number of pyridine rings is 2. The Morgan fingerprint density at radius 1 is 0.897 bits per heavy atom. The molecule has 29 heavy (non-hydrogen) atoms. The van der Waals surface area contributed by atoms with Gasteiger partial charge >= 0.3 is 0 Å². The number of methoxy groups -OCH3 is 2. The molecular weight excluding hydrogens is 373 g/mol. The topological polar surface area (TPSA) is 65.5 Å². The van der Waals surface area contributed by atoms with Crippen molar-refractivity contribution in [2.24, 2.45) is 0 Å². The summed E-state index contributed by atoms with van der Waals surface area (Å²) < 4.78 is 30.9. The fraction of sp³-hybridized carbons (Fsp3) is 0.0909. The largest absolute Gasteiger partial charge is 0.493 e. The zero-order valence-electron chi connectivity index (χ0n) is 15.8. The van der Waals surface area contributed by atoms with Gasteiger partial charge in [-0.05, 0) is 36.4 Å². The molecule has 2 aromatic heterocycles. The van der Waals surface area contributed by atoms with Crippen LogP contribution in [0.25, 0.3) is 10.9 Å². The van der Waals surface area contributed by atoms with Crippen molar-refractivity contribution in [3.05, 3.63) is 72.8 Å². The lowest BCUT2D eigenvalue weighted by Crippen LogP contribution is -1.98. The zero-order chi connectivity index (χ0) is 20.2. The number of ether oxygens (including phenoxy) is 3. The third kappa shape index (κ3) is 3.89. The third-order valence-corrected chi connectivity index (χ3v) is 4.31. The van der Waals surface area contributed by atoms with Crippen LogP contribution >= 0.6 is 0 Å². The number of benzene rings is 2. The van der Waals surface area contributed by atoms with Crippen molar-refractivity contribution in [2.75, 3.05) is 19.5 Å². The van der Waals surface area contributed by atoms with Crippen molar-refractivity contribution >= 4 is 22.3 Å². The van der Waals surface area contributed by atoms with Crippen LogP contribution in [0.5, 0.6) is 23.1 Å². The summed E-state index contributed by atoms with van der Waals surface area (Å²) in [4.78, 5) is 8.27. The Hall–Kier alpha value is -3.87. The molecule has 0 radical (unpaired) electrons. The molecule has 0 aliphatic rings. The van der Waals surface area contributed by atoms with Crippen LogP contribution in [0.1, 0.15) is 0 Å². The molecule has 4 rings (SSSR count). The minimum atomic E-state index is -0.474. The number of aromatic nitrogens is 2. The first-order chi connectivity index (χ1) is 14.2. The molecule has 0 bridgehead atoms. The van der Waals surface area contributed by atoms with Crippen LogP contribution in [0, 0.1) is 5.82 Å². The van der Waals surface area contributed by atoms with Gasteiger partial charge in [0, 0.05) is 29.4 Å². The molecule has 0 aliphatic carbocycles. The van der Waals surface area contributed by atoms with Gasteiger partial charge in [-0.25, -0.2) is 9.37 Å². The summed E-state index contributed by atoms with van der Waals surface area (Å²) in [6, 6.07) is 16.0. The summed E-state index contributed by atoms with van der Waals surface area (Å²) in [7, 11) is 3.07. The first-order valence-electron chi connectivity index (χ1n) is 8.84. The SMILES string of the molecule is COc1cc2ncc(F)c(Nc3ccc(Oc4ccccn4)cc3)c2cc1OC. The van der Waals surface area contributed by atoms with E-state index in [0.717, 1.165) is 0 Å². The van der Waals surface area contributed by atoms with E-state index < -0.39 is 5.82 Å². The summed E-state index contributed by atoms with van der Waals surface area (Å²) in [5.74, 6) is 1.68. The molecule has 0 unspecified atom stereocenters. The predicted octanol–water partition coefficient (Wildman–Crippen LogP) is 5.32. The maximum Gasteiger partial charge on any atom is 0.219 e. The van der Waals surface area contributed by atoms with Gasteiger partial charge in [0.2, 0.25) is 5.88 Å². The van der Waals surface area contributed by atoms with Gasteiger partial charge in [0.05, 0.1) is 31.6 Å². The van der Waals surface area contributed by atoms with E-state index in [2.05, 4.69) is 15.3 Å². The third-order valence-electron chi connectivity index (χ3n) is 4.31. The van der Waals surface area contributed by atoms with E-state index in [1.54, 1.807) is 55.8 Å². The molecule has 6 nitrogen and oxygen atoms in total. The molecule has 0 aliphatic heterocycles. The van der Waals surface area contributed by atoms with Gasteiger partial charge in [0.1, 0.15) is 5.75 Å². The minimum absolute atomic E-state index is 0.300. The molecule has 1 N–H and O–H groups in total. The number of halogens is 1. The molecule has 0 amide bonds. The summed E-state index contributed by atoms with van der Waals surface area (Å²) in [6.45, 7) is 0. The van der Waals surface area contributed by atoms with Crippen LogP contribution in [-0.2, 0) is 0 Å². The van der Waals surface area contributed by atoms with E-state index in [-0.39, 0.29) is 0 Å². The second kappa shape index (κ2) is 8.02. The highest BCUT2D eigenvalue weighted by atomic mass is 19.1. The average molecular weight is 391 g/mol. The lowest BCUT2D eigenvalue weighted by molar-refractivity contribution is 0.356. The molecule has 4 aromatic rings. The molecule has 2 aromatic carbocycles. The summed E-state index contributed by atoms with van der Waals surface area (Å²) >= 11 is 0. The molecule has 146 valence electrons. The second-order valence-corrected chi connectivity index (χ2v) is 6.12. The van der Waals surface area contributed by atoms with E-state index in [4.69, 9.17) is 14.2 Å². The Kier molecular flexibility index (Phi) is 5.11. The molecule has 7 heteroatoms. The number of anilines is 2. The van der Waals surface area contributed by atoms with Crippen molar-refractivity contribution in [2.45, 2.75) is 0 Å². The Morgan fingerprint density at radius 3 is 2.34 bits per heavy atom. The first-order valence-corrected chi connectivity index (χ1v) is 8.84. The van der Waals surface area contributed by atoms with E-state index in [1.165, 1.54) is 13.3 Å². The highest BCUT2D eigenvalue weighted by Gasteiger charge is 2.14. The van der Waals surface area contributed by atoms with Gasteiger partial charge in [-0.3, -0.25) is 4.98 Å². The lowest BCUT2D eigenvalue weighted by atomic mass is 10.1. The van der Waals surface area contributed by atoms with Gasteiger partial charge in [0.25, 0.3) is 0 Å². The maximum absolute atomic E-state index is 14.6. The average Bonchev–Trinajstić information content (AvgIpc) is 2.76. The number of hydrogen-bond acceptors (Lipinski definition) is 6. The van der Waals surface area contributed by atoms with Crippen LogP contribution in [-0.4, -0.2) is 24.2 Å². The predicted molar refractivity (Wildman–Crippen MR) is 109 cm³/mol. The first kappa shape index (κ1) is 18.5. The highest BCUT2D eigenvalue weighted by molar-refractivity contribution is 5.95. The monoisotopic (exact) mass is 391 g/mol. The molecule has 0 saturated carbocycles. The minimum Gasteiger partial charge on any atom is -0.493 e. The van der Waals surface area contributed by atoms with Crippen LogP contribution in [0.15, 0.2) is 67.0 Å². The molecule has 0 fully saturated rings. The molecule has 0 spiro atoms. The van der Waals surface area contributed by atoms with Gasteiger partial charge in [-0.2, -0.15) is 0 Å². The molecular formula is C22H18FN3O3. The number of rotatable bonds is 6. The number of hydrogen-bond donors (Lipinski definition) is 1. The van der Waals surface area contributed by atoms with E-state index in [9.17, 15) is 4.39 Å². The van der Waals surface area contributed by atoms with Gasteiger partial charge < -0.3 is 19.5 Å². The van der Waals surface area contributed by atoms with Gasteiger partial charge in [0.15, 0.2) is 17.3 Å². The van der Waals surface area contributed by atoms with Gasteiger partial charge in [-0.15, -0.1) is 0 Å². The fourth-order valence-corrected chi connectivity index (χ4v) is 2.90. The maximum atomic E-state index is 14.6. The van der Waals surface area contributed by atoms with Crippen LogP contribution in [0.3, 0.4) is 0 Å². The van der Waals surface area contributed by atoms with Crippen molar-refractivity contribution in [1.82, 2.24) is 9.97 Å². The molecule has 0 atom stereocenters. The lowest BCUT2D eigenvalue weighted by Gasteiger charge is -2.14. The van der Waals surface area contributed by atoms with Crippen molar-refractivity contribution < 1.29 is 18.6 Å². The van der Waals surface area contributed by atoms with Gasteiger partial charge in [-0.1, -0.05) is 6.07 Å². The Bertz CT molecular complexity index is 1140. The van der Waals surface area contributed by atoms with Crippen LogP contribution in [0.4, 0.5) is 15.8 Å².